The lowest BCUT2D eigenvalue weighted by molar-refractivity contribution is -0.134. The molecular formula is C20H21N5O. The van der Waals surface area contributed by atoms with Gasteiger partial charge in [-0.2, -0.15) is 0 Å². The first kappa shape index (κ1) is 15.5. The molecule has 6 nitrogen and oxygen atoms in total. The van der Waals surface area contributed by atoms with Gasteiger partial charge in [0.25, 0.3) is 0 Å². The van der Waals surface area contributed by atoms with Crippen LogP contribution in [-0.2, 0) is 11.2 Å². The lowest BCUT2D eigenvalue weighted by Gasteiger charge is -2.33. The zero-order valence-corrected chi connectivity index (χ0v) is 14.6. The summed E-state index contributed by atoms with van der Waals surface area (Å²) in [7, 11) is 0. The number of aromatic nitrogens is 4. The van der Waals surface area contributed by atoms with Gasteiger partial charge in [0.2, 0.25) is 5.91 Å². The van der Waals surface area contributed by atoms with Crippen LogP contribution in [0, 0.1) is 0 Å². The third-order valence-electron chi connectivity index (χ3n) is 5.77. The van der Waals surface area contributed by atoms with Crippen LogP contribution in [0.4, 0.5) is 0 Å². The van der Waals surface area contributed by atoms with Crippen molar-refractivity contribution in [3.05, 3.63) is 59.8 Å². The maximum atomic E-state index is 13.0. The molecular weight excluding hydrogens is 326 g/mol. The van der Waals surface area contributed by atoms with E-state index in [1.54, 1.807) is 6.20 Å². The van der Waals surface area contributed by atoms with Crippen molar-refractivity contribution in [1.82, 2.24) is 24.5 Å². The summed E-state index contributed by atoms with van der Waals surface area (Å²) in [6.07, 6.45) is 7.53. The first-order valence-corrected chi connectivity index (χ1v) is 9.33. The van der Waals surface area contributed by atoms with Crippen LogP contribution in [0.25, 0.3) is 5.65 Å². The van der Waals surface area contributed by atoms with E-state index in [1.807, 2.05) is 35.4 Å². The van der Waals surface area contributed by atoms with E-state index in [1.165, 1.54) is 5.56 Å². The second-order valence-electron chi connectivity index (χ2n) is 7.23. The van der Waals surface area contributed by atoms with Crippen molar-refractivity contribution < 1.29 is 4.79 Å². The normalized spacial score (nSPS) is 20.5. The van der Waals surface area contributed by atoms with Gasteiger partial charge in [-0.05, 0) is 49.4 Å². The van der Waals surface area contributed by atoms with Crippen LogP contribution < -0.4 is 0 Å². The van der Waals surface area contributed by atoms with Gasteiger partial charge in [0.15, 0.2) is 5.65 Å². The van der Waals surface area contributed by atoms with E-state index in [0.29, 0.717) is 5.92 Å². The minimum absolute atomic E-state index is 0.0586. The van der Waals surface area contributed by atoms with Crippen LogP contribution in [0.3, 0.4) is 0 Å². The van der Waals surface area contributed by atoms with E-state index in [-0.39, 0.29) is 11.8 Å². The predicted octanol–water partition coefficient (Wildman–Crippen LogP) is 2.56. The number of piperidine rings is 1. The van der Waals surface area contributed by atoms with Gasteiger partial charge in [-0.3, -0.25) is 14.2 Å². The first-order valence-electron chi connectivity index (χ1n) is 9.33. The number of amides is 1. The highest BCUT2D eigenvalue weighted by Crippen LogP contribution is 2.34. The number of rotatable bonds is 2. The number of fused-ring (bicyclic) bond motifs is 2. The molecule has 3 aromatic heterocycles. The Bertz CT molecular complexity index is 957. The summed E-state index contributed by atoms with van der Waals surface area (Å²) < 4.78 is 2.07. The predicted molar refractivity (Wildman–Crippen MR) is 96.8 cm³/mol. The van der Waals surface area contributed by atoms with Gasteiger partial charge >= 0.3 is 0 Å². The molecule has 1 aliphatic heterocycles. The van der Waals surface area contributed by atoms with Crippen molar-refractivity contribution in [2.24, 2.45) is 0 Å². The number of aryl methyl sites for hydroxylation is 1. The number of nitrogens with zero attached hydrogens (tertiary/aromatic N) is 5. The lowest BCUT2D eigenvalue weighted by atomic mass is 9.94. The molecule has 0 saturated carbocycles. The molecule has 3 aromatic rings. The fourth-order valence-corrected chi connectivity index (χ4v) is 4.37. The molecule has 4 heterocycles. The molecule has 1 fully saturated rings. The van der Waals surface area contributed by atoms with Crippen molar-refractivity contribution in [3.63, 3.8) is 0 Å². The quantitative estimate of drug-likeness (QED) is 0.715. The van der Waals surface area contributed by atoms with Crippen molar-refractivity contribution in [2.45, 2.75) is 37.5 Å². The number of likely N-dealkylation sites (tertiary alicyclic amines) is 1. The van der Waals surface area contributed by atoms with Crippen molar-refractivity contribution in [3.8, 4) is 0 Å². The minimum Gasteiger partial charge on any atom is -0.342 e. The number of carbonyl (C=O) groups excluding carboxylic acids is 1. The van der Waals surface area contributed by atoms with Gasteiger partial charge in [-0.25, -0.2) is 0 Å². The molecule has 1 saturated heterocycles. The van der Waals surface area contributed by atoms with Gasteiger partial charge in [0, 0.05) is 31.4 Å². The molecule has 0 aromatic carbocycles. The van der Waals surface area contributed by atoms with Gasteiger partial charge < -0.3 is 4.90 Å². The standard InChI is InChI=1S/C20H21N5O/c26-20(16-7-6-14-4-3-10-21-18(14)16)24-12-8-15(9-13-24)19-23-22-17-5-1-2-11-25(17)19/h1-5,10-11,15-16H,6-9,12-13H2. The Morgan fingerprint density at radius 2 is 1.92 bits per heavy atom. The number of pyridine rings is 2. The summed E-state index contributed by atoms with van der Waals surface area (Å²) in [5.41, 5.74) is 3.10. The molecule has 5 rings (SSSR count). The van der Waals surface area contributed by atoms with Crippen molar-refractivity contribution in [1.29, 1.82) is 0 Å². The average molecular weight is 347 g/mol. The highest BCUT2D eigenvalue weighted by atomic mass is 16.2. The molecule has 1 aliphatic carbocycles. The Labute approximate surface area is 151 Å². The largest absolute Gasteiger partial charge is 0.342 e. The summed E-state index contributed by atoms with van der Waals surface area (Å²) >= 11 is 0. The average Bonchev–Trinajstić information content (AvgIpc) is 3.32. The Hall–Kier alpha value is -2.76. The SMILES string of the molecule is O=C(C1CCc2cccnc21)N1CCC(c2nnc3ccccn23)CC1. The van der Waals surface area contributed by atoms with Crippen LogP contribution in [-0.4, -0.2) is 43.5 Å². The van der Waals surface area contributed by atoms with E-state index in [9.17, 15) is 4.79 Å². The minimum atomic E-state index is -0.0586. The molecule has 2 aliphatic rings. The summed E-state index contributed by atoms with van der Waals surface area (Å²) in [5, 5.41) is 8.66. The molecule has 132 valence electrons. The molecule has 0 radical (unpaired) electrons. The second-order valence-corrected chi connectivity index (χ2v) is 7.23. The van der Waals surface area contributed by atoms with E-state index >= 15 is 0 Å². The third-order valence-corrected chi connectivity index (χ3v) is 5.77. The van der Waals surface area contributed by atoms with Gasteiger partial charge in [-0.15, -0.1) is 10.2 Å². The fraction of sp³-hybridized carbons (Fsp3) is 0.400. The monoisotopic (exact) mass is 347 g/mol. The lowest BCUT2D eigenvalue weighted by Crippen LogP contribution is -2.40. The molecule has 6 heteroatoms. The molecule has 26 heavy (non-hydrogen) atoms. The summed E-state index contributed by atoms with van der Waals surface area (Å²) in [4.78, 5) is 19.5. The number of hydrogen-bond donors (Lipinski definition) is 0. The molecule has 1 atom stereocenters. The summed E-state index contributed by atoms with van der Waals surface area (Å²) in [6, 6.07) is 10.0. The van der Waals surface area contributed by atoms with E-state index in [0.717, 1.165) is 55.9 Å². The van der Waals surface area contributed by atoms with Crippen molar-refractivity contribution in [2.75, 3.05) is 13.1 Å². The van der Waals surface area contributed by atoms with Gasteiger partial charge in [-0.1, -0.05) is 12.1 Å². The van der Waals surface area contributed by atoms with Crippen LogP contribution >= 0.6 is 0 Å². The Kier molecular flexibility index (Phi) is 3.69. The first-order chi connectivity index (χ1) is 12.8. The summed E-state index contributed by atoms with van der Waals surface area (Å²) in [5.74, 6) is 1.55. The van der Waals surface area contributed by atoms with Crippen LogP contribution in [0.2, 0.25) is 0 Å². The van der Waals surface area contributed by atoms with Gasteiger partial charge in [0.1, 0.15) is 5.82 Å². The van der Waals surface area contributed by atoms with Crippen LogP contribution in [0.15, 0.2) is 42.7 Å². The Morgan fingerprint density at radius 1 is 1.04 bits per heavy atom. The molecule has 1 amide bonds. The van der Waals surface area contributed by atoms with E-state index in [4.69, 9.17) is 0 Å². The molecule has 0 spiro atoms. The van der Waals surface area contributed by atoms with Crippen LogP contribution in [0.1, 0.15) is 48.2 Å². The zero-order chi connectivity index (χ0) is 17.5. The molecule has 0 bridgehead atoms. The fourth-order valence-electron chi connectivity index (χ4n) is 4.37. The molecule has 1 unspecified atom stereocenters. The Balaban J connectivity index is 1.30. The van der Waals surface area contributed by atoms with E-state index < -0.39 is 0 Å². The second kappa shape index (κ2) is 6.20. The Morgan fingerprint density at radius 3 is 2.81 bits per heavy atom. The maximum absolute atomic E-state index is 13.0. The number of hydrogen-bond acceptors (Lipinski definition) is 4. The van der Waals surface area contributed by atoms with Gasteiger partial charge in [0.05, 0.1) is 11.6 Å². The highest BCUT2D eigenvalue weighted by Gasteiger charge is 2.35. The smallest absolute Gasteiger partial charge is 0.231 e. The van der Waals surface area contributed by atoms with Crippen LogP contribution in [0.5, 0.6) is 0 Å². The maximum Gasteiger partial charge on any atom is 0.231 e. The zero-order valence-electron chi connectivity index (χ0n) is 14.6. The summed E-state index contributed by atoms with van der Waals surface area (Å²) in [6.45, 7) is 1.56. The molecule has 0 N–H and O–H groups in total. The van der Waals surface area contributed by atoms with Crippen molar-refractivity contribution >= 4 is 11.6 Å². The van der Waals surface area contributed by atoms with E-state index in [2.05, 4.69) is 25.6 Å². The topological polar surface area (TPSA) is 63.4 Å². The highest BCUT2D eigenvalue weighted by molar-refractivity contribution is 5.84. The third kappa shape index (κ3) is 2.48. The number of carbonyl (C=O) groups is 1.